The second-order valence-corrected chi connectivity index (χ2v) is 5.87. The summed E-state index contributed by atoms with van der Waals surface area (Å²) in [5.41, 5.74) is 0.121. The molecule has 2 fully saturated rings. The van der Waals surface area contributed by atoms with Crippen molar-refractivity contribution in [3.63, 3.8) is 0 Å². The lowest BCUT2D eigenvalue weighted by atomic mass is 9.77. The smallest absolute Gasteiger partial charge is 0.0830 e. The SMILES string of the molecule is CCC1(CC)OCCNC1CC1CCCCC1. The Morgan fingerprint density at radius 3 is 2.47 bits per heavy atom. The summed E-state index contributed by atoms with van der Waals surface area (Å²) in [7, 11) is 0. The highest BCUT2D eigenvalue weighted by molar-refractivity contribution is 4.95. The summed E-state index contributed by atoms with van der Waals surface area (Å²) in [5, 5.41) is 3.73. The molecule has 1 aliphatic carbocycles. The summed E-state index contributed by atoms with van der Waals surface area (Å²) in [5.74, 6) is 0.945. The Hall–Kier alpha value is -0.0800. The predicted molar refractivity (Wildman–Crippen MR) is 72.2 cm³/mol. The van der Waals surface area contributed by atoms with Crippen LogP contribution < -0.4 is 5.32 Å². The summed E-state index contributed by atoms with van der Waals surface area (Å²) in [6.45, 7) is 6.50. The third-order valence-electron chi connectivity index (χ3n) is 5.01. The highest BCUT2D eigenvalue weighted by Gasteiger charge is 2.39. The maximum atomic E-state index is 6.16. The van der Waals surface area contributed by atoms with Crippen LogP contribution in [0.5, 0.6) is 0 Å². The van der Waals surface area contributed by atoms with E-state index in [4.69, 9.17) is 4.74 Å². The molecule has 2 nitrogen and oxygen atoms in total. The topological polar surface area (TPSA) is 21.3 Å². The van der Waals surface area contributed by atoms with Crippen LogP contribution in [0.2, 0.25) is 0 Å². The van der Waals surface area contributed by atoms with Crippen molar-refractivity contribution in [2.24, 2.45) is 5.92 Å². The average molecular weight is 239 g/mol. The van der Waals surface area contributed by atoms with Gasteiger partial charge in [-0.05, 0) is 25.2 Å². The van der Waals surface area contributed by atoms with Gasteiger partial charge in [0.15, 0.2) is 0 Å². The van der Waals surface area contributed by atoms with Gasteiger partial charge in [0.05, 0.1) is 12.2 Å². The highest BCUT2D eigenvalue weighted by Crippen LogP contribution is 2.35. The summed E-state index contributed by atoms with van der Waals surface area (Å²) in [4.78, 5) is 0. The van der Waals surface area contributed by atoms with Crippen LogP contribution in [0, 0.1) is 5.92 Å². The summed E-state index contributed by atoms with van der Waals surface area (Å²) >= 11 is 0. The van der Waals surface area contributed by atoms with E-state index < -0.39 is 0 Å². The molecule has 17 heavy (non-hydrogen) atoms. The second-order valence-electron chi connectivity index (χ2n) is 5.87. The van der Waals surface area contributed by atoms with Crippen molar-refractivity contribution in [3.8, 4) is 0 Å². The fourth-order valence-electron chi connectivity index (χ4n) is 3.78. The molecule has 2 rings (SSSR count). The van der Waals surface area contributed by atoms with Crippen molar-refractivity contribution in [3.05, 3.63) is 0 Å². The van der Waals surface area contributed by atoms with Crippen LogP contribution in [-0.4, -0.2) is 24.8 Å². The third kappa shape index (κ3) is 3.03. The molecule has 1 unspecified atom stereocenters. The molecule has 1 N–H and O–H groups in total. The molecule has 1 saturated heterocycles. The average Bonchev–Trinajstić information content (AvgIpc) is 2.41. The Morgan fingerprint density at radius 1 is 1.12 bits per heavy atom. The molecule has 1 saturated carbocycles. The summed E-state index contributed by atoms with van der Waals surface area (Å²) in [6.07, 6.45) is 10.9. The lowest BCUT2D eigenvalue weighted by Crippen LogP contribution is -2.58. The second kappa shape index (κ2) is 6.19. The molecule has 1 aliphatic heterocycles. The first-order chi connectivity index (χ1) is 8.30. The predicted octanol–water partition coefficient (Wildman–Crippen LogP) is 3.50. The third-order valence-corrected chi connectivity index (χ3v) is 5.01. The number of hydrogen-bond donors (Lipinski definition) is 1. The van der Waals surface area contributed by atoms with Crippen molar-refractivity contribution >= 4 is 0 Å². The lowest BCUT2D eigenvalue weighted by Gasteiger charge is -2.45. The van der Waals surface area contributed by atoms with Gasteiger partial charge in [0, 0.05) is 12.6 Å². The van der Waals surface area contributed by atoms with Gasteiger partial charge in [-0.2, -0.15) is 0 Å². The van der Waals surface area contributed by atoms with Gasteiger partial charge in [0.1, 0.15) is 0 Å². The van der Waals surface area contributed by atoms with Gasteiger partial charge in [-0.15, -0.1) is 0 Å². The molecule has 0 spiro atoms. The zero-order valence-corrected chi connectivity index (χ0v) is 11.6. The fourth-order valence-corrected chi connectivity index (χ4v) is 3.78. The van der Waals surface area contributed by atoms with E-state index in [1.165, 1.54) is 38.5 Å². The Bertz CT molecular complexity index is 219. The number of rotatable bonds is 4. The van der Waals surface area contributed by atoms with Crippen molar-refractivity contribution in [1.29, 1.82) is 0 Å². The zero-order valence-electron chi connectivity index (χ0n) is 11.6. The number of ether oxygens (including phenoxy) is 1. The van der Waals surface area contributed by atoms with E-state index in [0.717, 1.165) is 31.9 Å². The Labute approximate surface area is 107 Å². The van der Waals surface area contributed by atoms with Crippen molar-refractivity contribution in [1.82, 2.24) is 5.32 Å². The van der Waals surface area contributed by atoms with E-state index in [2.05, 4.69) is 19.2 Å². The molecule has 0 bridgehead atoms. The van der Waals surface area contributed by atoms with Gasteiger partial charge in [-0.3, -0.25) is 0 Å². The van der Waals surface area contributed by atoms with E-state index in [9.17, 15) is 0 Å². The van der Waals surface area contributed by atoms with Crippen LogP contribution in [0.25, 0.3) is 0 Å². The van der Waals surface area contributed by atoms with E-state index in [-0.39, 0.29) is 5.60 Å². The van der Waals surface area contributed by atoms with Crippen LogP contribution in [0.1, 0.15) is 65.2 Å². The maximum absolute atomic E-state index is 6.16. The highest BCUT2D eigenvalue weighted by atomic mass is 16.5. The summed E-state index contributed by atoms with van der Waals surface area (Å²) < 4.78 is 6.16. The van der Waals surface area contributed by atoms with Crippen molar-refractivity contribution in [2.75, 3.05) is 13.2 Å². The maximum Gasteiger partial charge on any atom is 0.0830 e. The Balaban J connectivity index is 1.95. The molecule has 0 aromatic carbocycles. The minimum absolute atomic E-state index is 0.121. The fraction of sp³-hybridized carbons (Fsp3) is 1.00. The van der Waals surface area contributed by atoms with Crippen LogP contribution in [-0.2, 0) is 4.74 Å². The quantitative estimate of drug-likeness (QED) is 0.810. The standard InChI is InChI=1S/C15H29NO/c1-3-15(4-2)14(16-10-11-17-15)12-13-8-6-5-7-9-13/h13-14,16H,3-12H2,1-2H3. The van der Waals surface area contributed by atoms with Crippen molar-refractivity contribution < 1.29 is 4.74 Å². The largest absolute Gasteiger partial charge is 0.372 e. The Kier molecular flexibility index (Phi) is 4.87. The van der Waals surface area contributed by atoms with E-state index in [0.29, 0.717) is 6.04 Å². The molecule has 0 aromatic rings. The van der Waals surface area contributed by atoms with Crippen LogP contribution in [0.3, 0.4) is 0 Å². The van der Waals surface area contributed by atoms with Gasteiger partial charge < -0.3 is 10.1 Å². The molecular formula is C15H29NO. The Morgan fingerprint density at radius 2 is 1.82 bits per heavy atom. The zero-order chi connectivity index (χ0) is 12.1. The number of hydrogen-bond acceptors (Lipinski definition) is 2. The van der Waals surface area contributed by atoms with E-state index in [1.54, 1.807) is 0 Å². The van der Waals surface area contributed by atoms with Gasteiger partial charge >= 0.3 is 0 Å². The van der Waals surface area contributed by atoms with Gasteiger partial charge in [-0.25, -0.2) is 0 Å². The first-order valence-electron chi connectivity index (χ1n) is 7.68. The first kappa shape index (κ1) is 13.4. The molecule has 100 valence electrons. The van der Waals surface area contributed by atoms with Gasteiger partial charge in [0.2, 0.25) is 0 Å². The van der Waals surface area contributed by atoms with Gasteiger partial charge in [-0.1, -0.05) is 46.0 Å². The normalized spacial score (nSPS) is 30.4. The lowest BCUT2D eigenvalue weighted by molar-refractivity contribution is -0.107. The number of morpholine rings is 1. The minimum atomic E-state index is 0.121. The number of nitrogens with one attached hydrogen (secondary N) is 1. The summed E-state index contributed by atoms with van der Waals surface area (Å²) in [6, 6.07) is 0.592. The van der Waals surface area contributed by atoms with Gasteiger partial charge in [0.25, 0.3) is 0 Å². The monoisotopic (exact) mass is 239 g/mol. The molecule has 0 amide bonds. The molecule has 0 aromatic heterocycles. The molecule has 1 heterocycles. The van der Waals surface area contributed by atoms with Crippen LogP contribution in [0.15, 0.2) is 0 Å². The molecule has 2 heteroatoms. The molecule has 2 aliphatic rings. The van der Waals surface area contributed by atoms with E-state index >= 15 is 0 Å². The van der Waals surface area contributed by atoms with E-state index in [1.807, 2.05) is 0 Å². The van der Waals surface area contributed by atoms with Crippen LogP contribution in [0.4, 0.5) is 0 Å². The molecular weight excluding hydrogens is 210 g/mol. The minimum Gasteiger partial charge on any atom is -0.372 e. The van der Waals surface area contributed by atoms with Crippen LogP contribution >= 0.6 is 0 Å². The molecule has 0 radical (unpaired) electrons. The first-order valence-corrected chi connectivity index (χ1v) is 7.68. The molecule has 1 atom stereocenters. The van der Waals surface area contributed by atoms with Crippen molar-refractivity contribution in [2.45, 2.75) is 76.9 Å².